The number of aryl methyl sites for hydroxylation is 3. The third-order valence-corrected chi connectivity index (χ3v) is 7.36. The highest BCUT2D eigenvalue weighted by Gasteiger charge is 2.22. The molecule has 0 bridgehead atoms. The molecule has 1 atom stereocenters. The van der Waals surface area contributed by atoms with E-state index < -0.39 is 0 Å². The van der Waals surface area contributed by atoms with Crippen LogP contribution in [0.15, 0.2) is 36.4 Å². The molecule has 0 aliphatic heterocycles. The highest BCUT2D eigenvalue weighted by Crippen LogP contribution is 2.29. The van der Waals surface area contributed by atoms with Gasteiger partial charge in [-0.25, -0.2) is 4.79 Å². The number of hydrogen-bond acceptors (Lipinski definition) is 3. The number of hydrogen-bond donors (Lipinski definition) is 1. The van der Waals surface area contributed by atoms with Gasteiger partial charge in [0.25, 0.3) is 0 Å². The highest BCUT2D eigenvalue weighted by molar-refractivity contribution is 6.05. The van der Waals surface area contributed by atoms with Gasteiger partial charge in [0.15, 0.2) is 0 Å². The summed E-state index contributed by atoms with van der Waals surface area (Å²) >= 11 is 0. The van der Waals surface area contributed by atoms with Crippen LogP contribution < -0.4 is 0 Å². The Morgan fingerprint density at radius 2 is 1.85 bits per heavy atom. The largest absolute Gasteiger partial charge is 0.454 e. The number of esters is 1. The van der Waals surface area contributed by atoms with E-state index in [4.69, 9.17) is 4.74 Å². The van der Waals surface area contributed by atoms with Crippen LogP contribution in [-0.2, 0) is 11.2 Å². The number of H-pyrrole nitrogens is 1. The third kappa shape index (κ3) is 5.33. The molecule has 1 aliphatic rings. The Morgan fingerprint density at radius 3 is 2.61 bits per heavy atom. The first-order chi connectivity index (χ1) is 15.8. The molecule has 176 valence electrons. The third-order valence-electron chi connectivity index (χ3n) is 7.36. The average molecular weight is 447 g/mol. The lowest BCUT2D eigenvalue weighted by molar-refractivity contribution is 0.0338. The summed E-state index contributed by atoms with van der Waals surface area (Å²) in [6.07, 6.45) is 7.43. The summed E-state index contributed by atoms with van der Waals surface area (Å²) < 4.78 is 5.96. The molecule has 3 aromatic rings. The monoisotopic (exact) mass is 446 g/mol. The van der Waals surface area contributed by atoms with Crippen LogP contribution in [0.2, 0.25) is 0 Å². The second kappa shape index (κ2) is 10.1. The van der Waals surface area contributed by atoms with Gasteiger partial charge >= 0.3 is 5.97 Å². The zero-order chi connectivity index (χ0) is 23.5. The number of likely N-dealkylation sites (N-methyl/N-ethyl adjacent to an activating group) is 1. The summed E-state index contributed by atoms with van der Waals surface area (Å²) in [5, 5.41) is 0.962. The van der Waals surface area contributed by atoms with E-state index in [0.29, 0.717) is 11.6 Å². The lowest BCUT2D eigenvalue weighted by Crippen LogP contribution is -2.34. The van der Waals surface area contributed by atoms with Gasteiger partial charge in [0.2, 0.25) is 0 Å². The van der Waals surface area contributed by atoms with Crippen LogP contribution in [0, 0.1) is 20.8 Å². The van der Waals surface area contributed by atoms with Crippen LogP contribution in [0.4, 0.5) is 0 Å². The normalized spacial score (nSPS) is 15.8. The quantitative estimate of drug-likeness (QED) is 0.405. The lowest BCUT2D eigenvalue weighted by Gasteiger charge is -2.31. The zero-order valence-corrected chi connectivity index (χ0v) is 20.8. The van der Waals surface area contributed by atoms with Crippen molar-refractivity contribution in [1.82, 2.24) is 9.88 Å². The molecule has 4 nitrogen and oxygen atoms in total. The van der Waals surface area contributed by atoms with Gasteiger partial charge < -0.3 is 14.6 Å². The molecule has 33 heavy (non-hydrogen) atoms. The molecule has 0 spiro atoms. The highest BCUT2D eigenvalue weighted by atomic mass is 16.5. The second-order valence-corrected chi connectivity index (χ2v) is 9.93. The molecule has 1 saturated carbocycles. The molecule has 0 amide bonds. The van der Waals surface area contributed by atoms with Gasteiger partial charge in [0.1, 0.15) is 6.10 Å². The fourth-order valence-corrected chi connectivity index (χ4v) is 5.28. The molecule has 1 heterocycles. The standard InChI is InChI=1S/C29H38N2O2/c1-19-11-12-20(2)25(17-19)22(4)33-29(32)28-21(3)30-27-14-13-23(18-26(27)28)15-16-31(5)24-9-7-6-8-10-24/h11-14,17-18,22,24,30H,6-10,15-16H2,1-5H3. The Kier molecular flexibility index (Phi) is 7.23. The van der Waals surface area contributed by atoms with Crippen LogP contribution in [0.25, 0.3) is 10.9 Å². The number of carbonyl (C=O) groups excluding carboxylic acids is 1. The van der Waals surface area contributed by atoms with Crippen LogP contribution in [-0.4, -0.2) is 35.5 Å². The summed E-state index contributed by atoms with van der Waals surface area (Å²) in [5.74, 6) is -0.261. The molecule has 0 radical (unpaired) electrons. The minimum absolute atomic E-state index is 0.261. The van der Waals surface area contributed by atoms with E-state index in [2.05, 4.69) is 67.2 Å². The van der Waals surface area contributed by atoms with Crippen molar-refractivity contribution < 1.29 is 9.53 Å². The van der Waals surface area contributed by atoms with Crippen molar-refractivity contribution in [2.75, 3.05) is 13.6 Å². The van der Waals surface area contributed by atoms with Gasteiger partial charge in [-0.1, -0.05) is 49.1 Å². The first-order valence-electron chi connectivity index (χ1n) is 12.4. The molecule has 1 aliphatic carbocycles. The summed E-state index contributed by atoms with van der Waals surface area (Å²) in [6.45, 7) is 9.08. The number of rotatable bonds is 7. The van der Waals surface area contributed by atoms with E-state index >= 15 is 0 Å². The van der Waals surface area contributed by atoms with Crippen LogP contribution in [0.5, 0.6) is 0 Å². The predicted molar refractivity (Wildman–Crippen MR) is 136 cm³/mol. The molecule has 4 rings (SSSR count). The topological polar surface area (TPSA) is 45.3 Å². The number of aromatic amines is 1. The zero-order valence-electron chi connectivity index (χ0n) is 20.8. The Morgan fingerprint density at radius 1 is 1.09 bits per heavy atom. The maximum Gasteiger partial charge on any atom is 0.341 e. The molecular formula is C29H38N2O2. The van der Waals surface area contributed by atoms with Crippen molar-refractivity contribution in [2.45, 2.75) is 78.4 Å². The van der Waals surface area contributed by atoms with Crippen LogP contribution >= 0.6 is 0 Å². The Balaban J connectivity index is 1.50. The fraction of sp³-hybridized carbons (Fsp3) is 0.483. The van der Waals surface area contributed by atoms with Gasteiger partial charge in [0, 0.05) is 29.2 Å². The van der Waals surface area contributed by atoms with Crippen molar-refractivity contribution >= 4 is 16.9 Å². The maximum absolute atomic E-state index is 13.3. The molecule has 1 aromatic heterocycles. The number of nitrogens with one attached hydrogen (secondary N) is 1. The Bertz CT molecular complexity index is 1120. The molecular weight excluding hydrogens is 408 g/mol. The van der Waals surface area contributed by atoms with E-state index in [9.17, 15) is 4.79 Å². The minimum Gasteiger partial charge on any atom is -0.454 e. The van der Waals surface area contributed by atoms with Crippen molar-refractivity contribution in [1.29, 1.82) is 0 Å². The first kappa shape index (κ1) is 23.6. The summed E-state index contributed by atoms with van der Waals surface area (Å²) in [5.41, 5.74) is 7.14. The molecule has 0 saturated heterocycles. The number of ether oxygens (including phenoxy) is 1. The van der Waals surface area contributed by atoms with Crippen molar-refractivity contribution in [3.05, 3.63) is 69.9 Å². The Labute approximate surface area is 198 Å². The van der Waals surface area contributed by atoms with E-state index in [1.54, 1.807) is 0 Å². The first-order valence-corrected chi connectivity index (χ1v) is 12.4. The summed E-state index contributed by atoms with van der Waals surface area (Å²) in [7, 11) is 2.26. The number of nitrogens with zero attached hydrogens (tertiary/aromatic N) is 1. The number of aromatic nitrogens is 1. The average Bonchev–Trinajstić information content (AvgIpc) is 3.14. The fourth-order valence-electron chi connectivity index (χ4n) is 5.28. The lowest BCUT2D eigenvalue weighted by atomic mass is 9.94. The molecule has 2 aromatic carbocycles. The van der Waals surface area contributed by atoms with Gasteiger partial charge in [-0.2, -0.15) is 0 Å². The van der Waals surface area contributed by atoms with E-state index in [-0.39, 0.29) is 12.1 Å². The van der Waals surface area contributed by atoms with Crippen molar-refractivity contribution in [3.8, 4) is 0 Å². The summed E-state index contributed by atoms with van der Waals surface area (Å²) in [6, 6.07) is 13.5. The minimum atomic E-state index is -0.297. The number of benzene rings is 2. The maximum atomic E-state index is 13.3. The number of fused-ring (bicyclic) bond motifs is 1. The van der Waals surface area contributed by atoms with Crippen molar-refractivity contribution in [2.24, 2.45) is 0 Å². The second-order valence-electron chi connectivity index (χ2n) is 9.93. The van der Waals surface area contributed by atoms with Gasteiger partial charge in [0.05, 0.1) is 5.56 Å². The Hall–Kier alpha value is -2.59. The van der Waals surface area contributed by atoms with Gasteiger partial charge in [-0.15, -0.1) is 0 Å². The number of carbonyl (C=O) groups is 1. The van der Waals surface area contributed by atoms with E-state index in [1.165, 1.54) is 43.2 Å². The van der Waals surface area contributed by atoms with E-state index in [0.717, 1.165) is 40.7 Å². The SMILES string of the molecule is Cc1ccc(C)c(C(C)OC(=O)c2c(C)[nH]c3ccc(CCN(C)C4CCCCC4)cc23)c1. The molecule has 4 heteroatoms. The molecule has 1 N–H and O–H groups in total. The smallest absolute Gasteiger partial charge is 0.341 e. The van der Waals surface area contributed by atoms with Crippen LogP contribution in [0.3, 0.4) is 0 Å². The van der Waals surface area contributed by atoms with E-state index in [1.807, 2.05) is 13.8 Å². The van der Waals surface area contributed by atoms with Gasteiger partial charge in [-0.3, -0.25) is 0 Å². The van der Waals surface area contributed by atoms with Crippen molar-refractivity contribution in [3.63, 3.8) is 0 Å². The van der Waals surface area contributed by atoms with Crippen LogP contribution in [0.1, 0.15) is 83.4 Å². The summed E-state index contributed by atoms with van der Waals surface area (Å²) in [4.78, 5) is 19.1. The predicted octanol–water partition coefficient (Wildman–Crippen LogP) is 6.82. The molecule has 1 unspecified atom stereocenters. The van der Waals surface area contributed by atoms with Gasteiger partial charge in [-0.05, 0) is 82.8 Å². The molecule has 1 fully saturated rings.